The number of allylic oxidation sites excluding steroid dienone is 2. The predicted molar refractivity (Wildman–Crippen MR) is 178 cm³/mol. The van der Waals surface area contributed by atoms with Crippen LogP contribution in [0.3, 0.4) is 0 Å². The molecule has 3 rings (SSSR count). The average molecular weight is 773 g/mol. The molecule has 239 valence electrons. The summed E-state index contributed by atoms with van der Waals surface area (Å²) >= 11 is 0. The number of hydrogen-bond donors (Lipinski definition) is 1. The monoisotopic (exact) mass is 773 g/mol. The number of nitriles is 1. The van der Waals surface area contributed by atoms with Crippen LogP contribution in [0.4, 0.5) is 0 Å². The summed E-state index contributed by atoms with van der Waals surface area (Å²) in [6, 6.07) is 15.7. The number of aliphatic hydroxyl groups is 1. The van der Waals surface area contributed by atoms with Crippen molar-refractivity contribution in [2.24, 2.45) is 11.8 Å². The van der Waals surface area contributed by atoms with Crippen LogP contribution >= 0.6 is 0 Å². The van der Waals surface area contributed by atoms with Crippen LogP contribution in [-0.4, -0.2) is 20.9 Å². The Hall–Kier alpha value is -3.13. The Bertz CT molecular complexity index is 1460. The first-order valence-corrected chi connectivity index (χ1v) is 15.7. The third kappa shape index (κ3) is 10.5. The largest absolute Gasteiger partial charge is 0.512 e. The van der Waals surface area contributed by atoms with E-state index >= 15 is 0 Å². The number of carbonyl (C=O) groups excluding carboxylic acids is 1. The first-order valence-electron chi connectivity index (χ1n) is 15.7. The van der Waals surface area contributed by atoms with Crippen molar-refractivity contribution >= 4 is 5.78 Å². The molecule has 0 fully saturated rings. The zero-order chi connectivity index (χ0) is 32.3. The summed E-state index contributed by atoms with van der Waals surface area (Å²) in [6.45, 7) is 20.9. The quantitative estimate of drug-likeness (QED) is 0.126. The predicted octanol–water partition coefficient (Wildman–Crippen LogP) is 9.83. The van der Waals surface area contributed by atoms with Gasteiger partial charge in [-0.2, -0.15) is 5.26 Å². The Morgan fingerprint density at radius 2 is 1.61 bits per heavy atom. The molecular weight excluding hydrogens is 723 g/mol. The Morgan fingerprint density at radius 3 is 2.11 bits per heavy atom. The smallest absolute Gasteiger partial charge is 0.162 e. The molecule has 0 aliphatic carbocycles. The van der Waals surface area contributed by atoms with Crippen LogP contribution < -0.4 is 0 Å². The van der Waals surface area contributed by atoms with E-state index in [0.717, 1.165) is 71.4 Å². The topological polar surface area (TPSA) is 86.9 Å². The summed E-state index contributed by atoms with van der Waals surface area (Å²) in [5.74, 6) is 0.547. The Morgan fingerprint density at radius 1 is 1.00 bits per heavy atom. The van der Waals surface area contributed by atoms with Crippen molar-refractivity contribution in [3.63, 3.8) is 0 Å². The summed E-state index contributed by atoms with van der Waals surface area (Å²) in [5, 5.41) is 18.8. The molecule has 0 amide bonds. The van der Waals surface area contributed by atoms with Gasteiger partial charge in [0, 0.05) is 61.2 Å². The van der Waals surface area contributed by atoms with Crippen LogP contribution in [0, 0.1) is 43.1 Å². The third-order valence-electron chi connectivity index (χ3n) is 8.02. The van der Waals surface area contributed by atoms with E-state index in [1.54, 1.807) is 0 Å². The number of carbonyl (C=O) groups is 1. The van der Waals surface area contributed by atoms with E-state index in [4.69, 9.17) is 15.2 Å². The minimum absolute atomic E-state index is 0. The molecule has 0 aliphatic heterocycles. The van der Waals surface area contributed by atoms with Gasteiger partial charge in [-0.15, -0.1) is 34.9 Å². The summed E-state index contributed by atoms with van der Waals surface area (Å²) in [5.41, 5.74) is 8.84. The maximum absolute atomic E-state index is 11.7. The summed E-state index contributed by atoms with van der Waals surface area (Å²) in [4.78, 5) is 21.4. The third-order valence-corrected chi connectivity index (χ3v) is 8.02. The van der Waals surface area contributed by atoms with E-state index in [2.05, 4.69) is 58.9 Å². The number of ketones is 1. The fraction of sp³-hybridized carbons (Fsp3) is 0.474. The molecule has 1 N–H and O–H groups in total. The number of aryl methyl sites for hydroxylation is 3. The molecular formula is C38H50IrN3O2-. The van der Waals surface area contributed by atoms with Crippen LogP contribution in [-0.2, 0) is 36.7 Å². The molecule has 5 nitrogen and oxygen atoms in total. The van der Waals surface area contributed by atoms with Gasteiger partial charge < -0.3 is 10.1 Å². The molecule has 0 saturated heterocycles. The van der Waals surface area contributed by atoms with Crippen LogP contribution in [0.1, 0.15) is 109 Å². The number of rotatable bonds is 10. The molecule has 2 aromatic carbocycles. The van der Waals surface area contributed by atoms with Gasteiger partial charge in [-0.3, -0.25) is 9.78 Å². The summed E-state index contributed by atoms with van der Waals surface area (Å²) < 4.78 is 0. The maximum atomic E-state index is 11.7. The van der Waals surface area contributed by atoms with Crippen molar-refractivity contribution < 1.29 is 30.0 Å². The van der Waals surface area contributed by atoms with Crippen LogP contribution in [0.15, 0.2) is 48.4 Å². The zero-order valence-electron chi connectivity index (χ0n) is 28.3. The first kappa shape index (κ1) is 38.9. The van der Waals surface area contributed by atoms with Gasteiger partial charge in [-0.05, 0) is 62.1 Å². The van der Waals surface area contributed by atoms with Crippen LogP contribution in [0.5, 0.6) is 0 Å². The van der Waals surface area contributed by atoms with E-state index in [9.17, 15) is 9.90 Å². The Labute approximate surface area is 279 Å². The molecule has 1 radical (unpaired) electrons. The van der Waals surface area contributed by atoms with Crippen LogP contribution in [0.2, 0.25) is 0 Å². The van der Waals surface area contributed by atoms with Gasteiger partial charge in [0.25, 0.3) is 0 Å². The van der Waals surface area contributed by atoms with Crippen molar-refractivity contribution in [2.75, 3.05) is 0 Å². The van der Waals surface area contributed by atoms with E-state index in [1.165, 1.54) is 11.6 Å². The zero-order valence-corrected chi connectivity index (χ0v) is 30.7. The van der Waals surface area contributed by atoms with Gasteiger partial charge in [0.1, 0.15) is 0 Å². The number of hydrogen-bond acceptors (Lipinski definition) is 5. The fourth-order valence-electron chi connectivity index (χ4n) is 5.10. The molecule has 6 heteroatoms. The number of aromatic nitrogens is 2. The second-order valence-electron chi connectivity index (χ2n) is 12.3. The molecule has 3 aromatic rings. The van der Waals surface area contributed by atoms with Gasteiger partial charge in [0.2, 0.25) is 0 Å². The fourth-order valence-corrected chi connectivity index (χ4v) is 5.10. The van der Waals surface area contributed by atoms with Crippen molar-refractivity contribution in [3.05, 3.63) is 82.4 Å². The molecule has 0 bridgehead atoms. The van der Waals surface area contributed by atoms with Gasteiger partial charge in [0.05, 0.1) is 23.1 Å². The first-order chi connectivity index (χ1) is 20.3. The molecule has 0 atom stereocenters. The minimum atomic E-state index is 0. The molecule has 1 heterocycles. The molecule has 0 unspecified atom stereocenters. The number of benzene rings is 2. The van der Waals surface area contributed by atoms with Crippen LogP contribution in [0.25, 0.3) is 22.5 Å². The van der Waals surface area contributed by atoms with Gasteiger partial charge in [-0.1, -0.05) is 68.4 Å². The molecule has 0 aliphatic rings. The van der Waals surface area contributed by atoms with Gasteiger partial charge in [-0.25, -0.2) is 0 Å². The van der Waals surface area contributed by atoms with Crippen molar-refractivity contribution in [1.29, 1.82) is 5.26 Å². The molecule has 0 spiro atoms. The molecule has 1 aromatic heterocycles. The van der Waals surface area contributed by atoms with E-state index in [0.29, 0.717) is 5.56 Å². The van der Waals surface area contributed by atoms with Gasteiger partial charge in [0.15, 0.2) is 5.78 Å². The molecule has 44 heavy (non-hydrogen) atoms. The standard InChI is InChI=1S/C25H26N3.C13H24O2.Ir/c1-7-22-24(19-10-16(2)11-20(13-19)25(4,5)6)27-15-23(28-22)21-9-8-18(14-26)12-17(21)3;1-5-10(6-2)12(14)9-13(15)11(7-3)8-4;/h8-9,11-13,15H,7H2,1-6H3;9-11,14H,5-8H2,1-4H3;/q-1;;/b;12-9-;. The normalized spacial score (nSPS) is 11.5. The number of aliphatic hydroxyl groups excluding tert-OH is 1. The average Bonchev–Trinajstić information content (AvgIpc) is 2.97. The second kappa shape index (κ2) is 18.0. The number of nitrogens with zero attached hydrogens (tertiary/aromatic N) is 3. The van der Waals surface area contributed by atoms with Crippen molar-refractivity contribution in [3.8, 4) is 28.6 Å². The Balaban J connectivity index is 0.000000519. The summed E-state index contributed by atoms with van der Waals surface area (Å²) in [6.07, 6.45) is 7.53. The van der Waals surface area contributed by atoms with Crippen molar-refractivity contribution in [1.82, 2.24) is 9.97 Å². The van der Waals surface area contributed by atoms with Crippen molar-refractivity contribution in [2.45, 2.75) is 107 Å². The molecule has 0 saturated carbocycles. The van der Waals surface area contributed by atoms with E-state index < -0.39 is 0 Å². The maximum Gasteiger partial charge on any atom is 0.162 e. The van der Waals surface area contributed by atoms with E-state index in [1.807, 2.05) is 59.0 Å². The second-order valence-corrected chi connectivity index (χ2v) is 12.3. The van der Waals surface area contributed by atoms with Gasteiger partial charge >= 0.3 is 0 Å². The van der Waals surface area contributed by atoms with E-state index in [-0.39, 0.29) is 48.9 Å². The minimum Gasteiger partial charge on any atom is -0.512 e. The Kier molecular flexibility index (Phi) is 15.9. The SMILES string of the molecule is CCC(CC)C(=O)/C=C(\O)C(CC)CC.CCc1nc(-c2ccc(C#N)cc2C)cnc1-c1[c-]c(C)cc(C(C)(C)C)c1.[Ir]. The summed E-state index contributed by atoms with van der Waals surface area (Å²) in [7, 11) is 0.